The number of fused-ring (bicyclic) bond motifs is 1. The van der Waals surface area contributed by atoms with Crippen LogP contribution in [0.15, 0.2) is 18.2 Å². The van der Waals surface area contributed by atoms with Crippen molar-refractivity contribution in [1.82, 2.24) is 5.32 Å². The standard InChI is InChI=1S/C15H19NO5/c1-20-6-5-12(15(18)19)16-14(17)9-10-2-3-13-11(8-10)4-7-21-13/h2-3,8,12H,4-7,9H2,1H3,(H,16,17)(H,18,19). The van der Waals surface area contributed by atoms with Gasteiger partial charge in [-0.25, -0.2) is 4.79 Å². The van der Waals surface area contributed by atoms with Crippen LogP contribution in [0.5, 0.6) is 5.75 Å². The summed E-state index contributed by atoms with van der Waals surface area (Å²) < 4.78 is 10.3. The predicted octanol–water partition coefficient (Wildman–Crippen LogP) is 0.770. The van der Waals surface area contributed by atoms with E-state index in [9.17, 15) is 9.59 Å². The number of hydrogen-bond donors (Lipinski definition) is 2. The lowest BCUT2D eigenvalue weighted by molar-refractivity contribution is -0.142. The smallest absolute Gasteiger partial charge is 0.326 e. The van der Waals surface area contributed by atoms with Crippen LogP contribution in [0.2, 0.25) is 0 Å². The fourth-order valence-corrected chi connectivity index (χ4v) is 2.27. The Morgan fingerprint density at radius 1 is 1.48 bits per heavy atom. The van der Waals surface area contributed by atoms with Crippen LogP contribution in [0.25, 0.3) is 0 Å². The molecule has 0 aromatic heterocycles. The van der Waals surface area contributed by atoms with Gasteiger partial charge in [-0.15, -0.1) is 0 Å². The largest absolute Gasteiger partial charge is 0.493 e. The molecule has 1 aromatic carbocycles. The van der Waals surface area contributed by atoms with Gasteiger partial charge in [0.25, 0.3) is 0 Å². The van der Waals surface area contributed by atoms with E-state index in [0.29, 0.717) is 6.61 Å². The van der Waals surface area contributed by atoms with E-state index in [0.717, 1.165) is 23.3 Å². The Balaban J connectivity index is 1.92. The number of amides is 1. The number of methoxy groups -OCH3 is 1. The molecule has 1 unspecified atom stereocenters. The molecular formula is C15H19NO5. The number of carbonyl (C=O) groups excluding carboxylic acids is 1. The van der Waals surface area contributed by atoms with E-state index >= 15 is 0 Å². The van der Waals surface area contributed by atoms with Crippen molar-refractivity contribution in [2.24, 2.45) is 0 Å². The van der Waals surface area contributed by atoms with E-state index < -0.39 is 12.0 Å². The molecule has 0 saturated carbocycles. The zero-order valence-electron chi connectivity index (χ0n) is 11.9. The van der Waals surface area contributed by atoms with Crippen LogP contribution < -0.4 is 10.1 Å². The molecule has 0 aliphatic carbocycles. The maximum atomic E-state index is 11.9. The van der Waals surface area contributed by atoms with Crippen molar-refractivity contribution in [3.8, 4) is 5.75 Å². The predicted molar refractivity (Wildman–Crippen MR) is 75.4 cm³/mol. The molecule has 1 aromatic rings. The van der Waals surface area contributed by atoms with Crippen LogP contribution in [0.4, 0.5) is 0 Å². The van der Waals surface area contributed by atoms with Gasteiger partial charge < -0.3 is 19.9 Å². The van der Waals surface area contributed by atoms with Gasteiger partial charge in [0, 0.05) is 26.6 Å². The number of nitrogens with one attached hydrogen (secondary N) is 1. The molecule has 1 atom stereocenters. The first kappa shape index (κ1) is 15.3. The van der Waals surface area contributed by atoms with Gasteiger partial charge in [-0.05, 0) is 17.2 Å². The van der Waals surface area contributed by atoms with Crippen molar-refractivity contribution in [2.45, 2.75) is 25.3 Å². The first-order valence-electron chi connectivity index (χ1n) is 6.86. The fourth-order valence-electron chi connectivity index (χ4n) is 2.27. The van der Waals surface area contributed by atoms with E-state index in [1.54, 1.807) is 0 Å². The second kappa shape index (κ2) is 7.08. The summed E-state index contributed by atoms with van der Waals surface area (Å²) in [4.78, 5) is 23.0. The van der Waals surface area contributed by atoms with Crippen molar-refractivity contribution in [3.63, 3.8) is 0 Å². The van der Waals surface area contributed by atoms with Gasteiger partial charge in [0.15, 0.2) is 0 Å². The first-order valence-corrected chi connectivity index (χ1v) is 6.86. The molecule has 114 valence electrons. The summed E-state index contributed by atoms with van der Waals surface area (Å²) in [6.45, 7) is 0.955. The summed E-state index contributed by atoms with van der Waals surface area (Å²) in [5.41, 5.74) is 1.95. The quantitative estimate of drug-likeness (QED) is 0.775. The monoisotopic (exact) mass is 293 g/mol. The molecule has 1 heterocycles. The molecule has 0 spiro atoms. The Hall–Kier alpha value is -2.08. The van der Waals surface area contributed by atoms with E-state index in [-0.39, 0.29) is 25.4 Å². The van der Waals surface area contributed by atoms with Crippen LogP contribution in [0, 0.1) is 0 Å². The number of ether oxygens (including phenoxy) is 2. The van der Waals surface area contributed by atoms with Crippen molar-refractivity contribution >= 4 is 11.9 Å². The van der Waals surface area contributed by atoms with Crippen LogP contribution in [-0.4, -0.2) is 43.3 Å². The third-order valence-corrected chi connectivity index (χ3v) is 3.36. The maximum absolute atomic E-state index is 11.9. The number of rotatable bonds is 7. The summed E-state index contributed by atoms with van der Waals surface area (Å²) in [5, 5.41) is 11.6. The van der Waals surface area contributed by atoms with E-state index in [4.69, 9.17) is 14.6 Å². The van der Waals surface area contributed by atoms with Crippen LogP contribution in [-0.2, 0) is 27.2 Å². The highest BCUT2D eigenvalue weighted by molar-refractivity contribution is 5.84. The third-order valence-electron chi connectivity index (χ3n) is 3.36. The Kier molecular flexibility index (Phi) is 5.16. The van der Waals surface area contributed by atoms with Crippen molar-refractivity contribution in [3.05, 3.63) is 29.3 Å². The van der Waals surface area contributed by atoms with Gasteiger partial charge >= 0.3 is 5.97 Å². The lowest BCUT2D eigenvalue weighted by atomic mass is 10.1. The lowest BCUT2D eigenvalue weighted by Gasteiger charge is -2.14. The number of hydrogen-bond acceptors (Lipinski definition) is 4. The molecule has 21 heavy (non-hydrogen) atoms. The van der Waals surface area contributed by atoms with Crippen molar-refractivity contribution < 1.29 is 24.2 Å². The average molecular weight is 293 g/mol. The topological polar surface area (TPSA) is 84.9 Å². The van der Waals surface area contributed by atoms with E-state index in [1.165, 1.54) is 7.11 Å². The molecule has 1 aliphatic rings. The van der Waals surface area contributed by atoms with Gasteiger partial charge in [0.05, 0.1) is 13.0 Å². The normalized spacial score (nSPS) is 14.1. The fraction of sp³-hybridized carbons (Fsp3) is 0.467. The zero-order valence-corrected chi connectivity index (χ0v) is 11.9. The highest BCUT2D eigenvalue weighted by Gasteiger charge is 2.20. The number of benzene rings is 1. The molecule has 2 rings (SSSR count). The summed E-state index contributed by atoms with van der Waals surface area (Å²) >= 11 is 0. The molecule has 6 heteroatoms. The Labute approximate surface area is 123 Å². The summed E-state index contributed by atoms with van der Waals surface area (Å²) in [6, 6.07) is 4.70. The minimum Gasteiger partial charge on any atom is -0.493 e. The summed E-state index contributed by atoms with van der Waals surface area (Å²) in [7, 11) is 1.49. The number of carbonyl (C=O) groups is 2. The molecule has 1 aliphatic heterocycles. The Bertz CT molecular complexity index is 529. The summed E-state index contributed by atoms with van der Waals surface area (Å²) in [6.07, 6.45) is 1.25. The molecule has 0 radical (unpaired) electrons. The minimum absolute atomic E-state index is 0.157. The SMILES string of the molecule is COCCC(NC(=O)Cc1ccc2c(c1)CCO2)C(=O)O. The number of carboxylic acids is 1. The molecule has 2 N–H and O–H groups in total. The third kappa shape index (κ3) is 4.19. The van der Waals surface area contributed by atoms with Crippen LogP contribution >= 0.6 is 0 Å². The van der Waals surface area contributed by atoms with Crippen molar-refractivity contribution in [2.75, 3.05) is 20.3 Å². The molecule has 0 bridgehead atoms. The second-order valence-corrected chi connectivity index (χ2v) is 4.96. The van der Waals surface area contributed by atoms with Gasteiger partial charge in [0.2, 0.25) is 5.91 Å². The van der Waals surface area contributed by atoms with Gasteiger partial charge in [-0.3, -0.25) is 4.79 Å². The molecular weight excluding hydrogens is 274 g/mol. The number of aliphatic carboxylic acids is 1. The van der Waals surface area contributed by atoms with E-state index in [1.807, 2.05) is 18.2 Å². The Morgan fingerprint density at radius 3 is 3.00 bits per heavy atom. The number of carboxylic acid groups (broad SMARTS) is 1. The lowest BCUT2D eigenvalue weighted by Crippen LogP contribution is -2.42. The van der Waals surface area contributed by atoms with Crippen LogP contribution in [0.1, 0.15) is 17.5 Å². The molecule has 0 saturated heterocycles. The van der Waals surface area contributed by atoms with Crippen LogP contribution in [0.3, 0.4) is 0 Å². The Morgan fingerprint density at radius 2 is 2.29 bits per heavy atom. The van der Waals surface area contributed by atoms with Crippen molar-refractivity contribution in [1.29, 1.82) is 0 Å². The minimum atomic E-state index is -1.05. The molecule has 6 nitrogen and oxygen atoms in total. The first-order chi connectivity index (χ1) is 10.1. The highest BCUT2D eigenvalue weighted by Crippen LogP contribution is 2.25. The average Bonchev–Trinajstić information content (AvgIpc) is 2.90. The molecule has 0 fully saturated rings. The zero-order chi connectivity index (χ0) is 15.2. The van der Waals surface area contributed by atoms with Gasteiger partial charge in [0.1, 0.15) is 11.8 Å². The molecule has 1 amide bonds. The maximum Gasteiger partial charge on any atom is 0.326 e. The van der Waals surface area contributed by atoms with Gasteiger partial charge in [-0.2, -0.15) is 0 Å². The highest BCUT2D eigenvalue weighted by atomic mass is 16.5. The summed E-state index contributed by atoms with van der Waals surface area (Å²) in [5.74, 6) is -0.497. The van der Waals surface area contributed by atoms with Gasteiger partial charge in [-0.1, -0.05) is 12.1 Å². The second-order valence-electron chi connectivity index (χ2n) is 4.96. The van der Waals surface area contributed by atoms with E-state index in [2.05, 4.69) is 5.32 Å².